The van der Waals surface area contributed by atoms with Gasteiger partial charge in [0, 0.05) is 19.5 Å². The van der Waals surface area contributed by atoms with Gasteiger partial charge in [0.05, 0.1) is 13.7 Å². The van der Waals surface area contributed by atoms with Crippen LogP contribution < -0.4 is 10.1 Å². The molecule has 1 aromatic carbocycles. The fourth-order valence-corrected chi connectivity index (χ4v) is 3.18. The van der Waals surface area contributed by atoms with Crippen LogP contribution in [0.1, 0.15) is 30.1 Å². The van der Waals surface area contributed by atoms with Crippen molar-refractivity contribution in [3.8, 4) is 5.75 Å². The zero-order chi connectivity index (χ0) is 16.8. The van der Waals surface area contributed by atoms with Crippen molar-refractivity contribution in [3.05, 3.63) is 41.5 Å². The number of aryl methyl sites for hydroxylation is 1. The number of benzene rings is 1. The summed E-state index contributed by atoms with van der Waals surface area (Å²) in [4.78, 5) is 6.70. The molecule has 0 radical (unpaired) electrons. The minimum atomic E-state index is 0.532. The Bertz CT molecular complexity index is 626. The molecule has 3 rings (SSSR count). The molecule has 6 heteroatoms. The maximum atomic E-state index is 5.19. The summed E-state index contributed by atoms with van der Waals surface area (Å²) in [6.45, 7) is 5.73. The van der Waals surface area contributed by atoms with Crippen LogP contribution in [0.2, 0.25) is 0 Å². The maximum Gasteiger partial charge on any atom is 0.223 e. The fraction of sp³-hybridized carbons (Fsp3) is 0.556. The molecule has 1 saturated heterocycles. The van der Waals surface area contributed by atoms with Crippen LogP contribution in [0.4, 0.5) is 0 Å². The smallest absolute Gasteiger partial charge is 0.223 e. The normalized spacial score (nSPS) is 18.7. The van der Waals surface area contributed by atoms with Gasteiger partial charge >= 0.3 is 0 Å². The molecule has 24 heavy (non-hydrogen) atoms. The Hall–Kier alpha value is -1.92. The number of aromatic nitrogens is 2. The third kappa shape index (κ3) is 4.79. The van der Waals surface area contributed by atoms with E-state index in [1.165, 1.54) is 18.4 Å². The SMILES string of the molecule is COc1ccc(CCN[C@@H]2CCCN(Cc3noc(C)n3)C2)cc1. The molecule has 1 atom stereocenters. The Labute approximate surface area is 143 Å². The van der Waals surface area contributed by atoms with Crippen molar-refractivity contribution in [2.75, 3.05) is 26.7 Å². The van der Waals surface area contributed by atoms with E-state index in [0.29, 0.717) is 11.9 Å². The van der Waals surface area contributed by atoms with Gasteiger partial charge in [0.1, 0.15) is 5.75 Å². The molecular formula is C18H26N4O2. The Morgan fingerprint density at radius 1 is 1.33 bits per heavy atom. The van der Waals surface area contributed by atoms with Gasteiger partial charge < -0.3 is 14.6 Å². The summed E-state index contributed by atoms with van der Waals surface area (Å²) in [5, 5.41) is 7.67. The number of hydrogen-bond acceptors (Lipinski definition) is 6. The molecule has 130 valence electrons. The van der Waals surface area contributed by atoms with E-state index < -0.39 is 0 Å². The van der Waals surface area contributed by atoms with Gasteiger partial charge in [-0.1, -0.05) is 17.3 Å². The summed E-state index contributed by atoms with van der Waals surface area (Å²) in [5.74, 6) is 2.33. The van der Waals surface area contributed by atoms with Crippen molar-refractivity contribution in [2.45, 2.75) is 38.8 Å². The lowest BCUT2D eigenvalue weighted by Crippen LogP contribution is -2.45. The highest BCUT2D eigenvalue weighted by atomic mass is 16.5. The molecule has 0 bridgehead atoms. The highest BCUT2D eigenvalue weighted by Gasteiger charge is 2.20. The van der Waals surface area contributed by atoms with Crippen LogP contribution in [0.3, 0.4) is 0 Å². The number of rotatable bonds is 7. The summed E-state index contributed by atoms with van der Waals surface area (Å²) in [7, 11) is 1.70. The third-order valence-corrected chi connectivity index (χ3v) is 4.45. The number of nitrogens with zero attached hydrogens (tertiary/aromatic N) is 3. The second-order valence-corrected chi connectivity index (χ2v) is 6.36. The van der Waals surface area contributed by atoms with Crippen molar-refractivity contribution in [1.29, 1.82) is 0 Å². The second-order valence-electron chi connectivity index (χ2n) is 6.36. The van der Waals surface area contributed by atoms with Crippen molar-refractivity contribution < 1.29 is 9.26 Å². The van der Waals surface area contributed by atoms with Crippen LogP contribution in [0, 0.1) is 6.92 Å². The first kappa shape index (κ1) is 16.9. The number of methoxy groups -OCH3 is 1. The van der Waals surface area contributed by atoms with Gasteiger partial charge in [-0.2, -0.15) is 4.98 Å². The molecule has 1 aliphatic heterocycles. The minimum Gasteiger partial charge on any atom is -0.497 e. The predicted molar refractivity (Wildman–Crippen MR) is 92.0 cm³/mol. The van der Waals surface area contributed by atoms with Gasteiger partial charge in [-0.3, -0.25) is 4.90 Å². The average molecular weight is 330 g/mol. The quantitative estimate of drug-likeness (QED) is 0.839. The van der Waals surface area contributed by atoms with E-state index >= 15 is 0 Å². The number of piperidine rings is 1. The zero-order valence-corrected chi connectivity index (χ0v) is 14.5. The van der Waals surface area contributed by atoms with Crippen LogP contribution in [0.15, 0.2) is 28.8 Å². The Morgan fingerprint density at radius 3 is 2.88 bits per heavy atom. The predicted octanol–water partition coefficient (Wildman–Crippen LogP) is 2.18. The summed E-state index contributed by atoms with van der Waals surface area (Å²) in [5.41, 5.74) is 1.33. The lowest BCUT2D eigenvalue weighted by molar-refractivity contribution is 0.178. The number of likely N-dealkylation sites (tertiary alicyclic amines) is 1. The lowest BCUT2D eigenvalue weighted by Gasteiger charge is -2.32. The van der Waals surface area contributed by atoms with Gasteiger partial charge in [-0.05, 0) is 50.0 Å². The Balaban J connectivity index is 1.41. The van der Waals surface area contributed by atoms with Crippen molar-refractivity contribution >= 4 is 0 Å². The first-order valence-corrected chi connectivity index (χ1v) is 8.61. The van der Waals surface area contributed by atoms with E-state index in [2.05, 4.69) is 32.5 Å². The van der Waals surface area contributed by atoms with E-state index in [0.717, 1.165) is 44.2 Å². The zero-order valence-electron chi connectivity index (χ0n) is 14.5. The molecule has 1 N–H and O–H groups in total. The molecule has 0 saturated carbocycles. The van der Waals surface area contributed by atoms with Crippen LogP contribution in [-0.2, 0) is 13.0 Å². The first-order chi connectivity index (χ1) is 11.7. The van der Waals surface area contributed by atoms with Crippen molar-refractivity contribution in [2.24, 2.45) is 0 Å². The maximum absolute atomic E-state index is 5.19. The van der Waals surface area contributed by atoms with Crippen LogP contribution in [0.5, 0.6) is 5.75 Å². The van der Waals surface area contributed by atoms with Gasteiger partial charge in [-0.25, -0.2) is 0 Å². The number of ether oxygens (including phenoxy) is 1. The van der Waals surface area contributed by atoms with Gasteiger partial charge in [0.2, 0.25) is 5.89 Å². The van der Waals surface area contributed by atoms with Crippen LogP contribution in [0.25, 0.3) is 0 Å². The molecule has 2 heterocycles. The summed E-state index contributed by atoms with van der Waals surface area (Å²) < 4.78 is 10.2. The first-order valence-electron chi connectivity index (χ1n) is 8.61. The van der Waals surface area contributed by atoms with Crippen molar-refractivity contribution in [1.82, 2.24) is 20.4 Å². The van der Waals surface area contributed by atoms with Gasteiger partial charge in [0.15, 0.2) is 5.82 Å². The standard InChI is InChI=1S/C18H26N4O2/c1-14-20-18(21-24-14)13-22-11-3-4-16(12-22)19-10-9-15-5-7-17(23-2)8-6-15/h5-8,16,19H,3-4,9-13H2,1-2H3/t16-/m1/s1. The molecule has 0 unspecified atom stereocenters. The molecule has 1 fully saturated rings. The van der Waals surface area contributed by atoms with E-state index in [4.69, 9.17) is 9.26 Å². The summed E-state index contributed by atoms with van der Waals surface area (Å²) >= 11 is 0. The number of hydrogen-bond donors (Lipinski definition) is 1. The molecule has 2 aromatic rings. The summed E-state index contributed by atoms with van der Waals surface area (Å²) in [6, 6.07) is 8.83. The molecule has 6 nitrogen and oxygen atoms in total. The van der Waals surface area contributed by atoms with E-state index in [-0.39, 0.29) is 0 Å². The van der Waals surface area contributed by atoms with E-state index in [1.54, 1.807) is 7.11 Å². The monoisotopic (exact) mass is 330 g/mol. The highest BCUT2D eigenvalue weighted by molar-refractivity contribution is 5.27. The topological polar surface area (TPSA) is 63.4 Å². The fourth-order valence-electron chi connectivity index (χ4n) is 3.18. The van der Waals surface area contributed by atoms with Gasteiger partial charge in [0.25, 0.3) is 0 Å². The van der Waals surface area contributed by atoms with E-state index in [9.17, 15) is 0 Å². The average Bonchev–Trinajstić information content (AvgIpc) is 3.01. The minimum absolute atomic E-state index is 0.532. The Kier molecular flexibility index (Phi) is 5.82. The molecule has 0 amide bonds. The molecule has 1 aromatic heterocycles. The largest absolute Gasteiger partial charge is 0.497 e. The summed E-state index contributed by atoms with van der Waals surface area (Å²) in [6.07, 6.45) is 3.46. The second kappa shape index (κ2) is 8.26. The van der Waals surface area contributed by atoms with Crippen LogP contribution in [-0.4, -0.2) is 47.8 Å². The van der Waals surface area contributed by atoms with E-state index in [1.807, 2.05) is 19.1 Å². The number of nitrogens with one attached hydrogen (secondary N) is 1. The molecule has 1 aliphatic rings. The van der Waals surface area contributed by atoms with Gasteiger partial charge in [-0.15, -0.1) is 0 Å². The molecule has 0 aliphatic carbocycles. The Morgan fingerprint density at radius 2 is 2.17 bits per heavy atom. The molecule has 0 spiro atoms. The van der Waals surface area contributed by atoms with Crippen molar-refractivity contribution in [3.63, 3.8) is 0 Å². The van der Waals surface area contributed by atoms with Crippen LogP contribution >= 0.6 is 0 Å². The highest BCUT2D eigenvalue weighted by Crippen LogP contribution is 2.14. The molecular weight excluding hydrogens is 304 g/mol. The third-order valence-electron chi connectivity index (χ3n) is 4.45. The lowest BCUT2D eigenvalue weighted by atomic mass is 10.1.